The highest BCUT2D eigenvalue weighted by molar-refractivity contribution is 6.07. The third-order valence-electron chi connectivity index (χ3n) is 2.33. The van der Waals surface area contributed by atoms with Crippen LogP contribution in [0.5, 0.6) is 0 Å². The summed E-state index contributed by atoms with van der Waals surface area (Å²) in [6, 6.07) is 6.15. The molecule has 0 saturated carbocycles. The fourth-order valence-corrected chi connectivity index (χ4v) is 1.61. The van der Waals surface area contributed by atoms with E-state index in [4.69, 9.17) is 0 Å². The van der Waals surface area contributed by atoms with Gasteiger partial charge in [-0.1, -0.05) is 12.1 Å². The number of rotatable bonds is 2. The number of hydrogen-bond acceptors (Lipinski definition) is 4. The predicted molar refractivity (Wildman–Crippen MR) is 58.4 cm³/mol. The summed E-state index contributed by atoms with van der Waals surface area (Å²) < 4.78 is 0. The molecule has 0 unspecified atom stereocenters. The number of nitro benzene ring substituents is 1. The molecule has 5 heteroatoms. The van der Waals surface area contributed by atoms with Crippen LogP contribution < -0.4 is 0 Å². The Morgan fingerprint density at radius 3 is 2.75 bits per heavy atom. The van der Waals surface area contributed by atoms with Crippen molar-refractivity contribution >= 4 is 22.4 Å². The molecule has 80 valence electrons. The maximum absolute atomic E-state index is 11.3. The molecular weight excluding hydrogens is 208 g/mol. The summed E-state index contributed by atoms with van der Waals surface area (Å²) in [5.41, 5.74) is 0.620. The predicted octanol–water partition coefficient (Wildman–Crippen LogP) is 2.35. The fourth-order valence-electron chi connectivity index (χ4n) is 1.61. The largest absolute Gasteiger partial charge is 0.295 e. The van der Waals surface area contributed by atoms with Crippen molar-refractivity contribution in [2.24, 2.45) is 0 Å². The minimum atomic E-state index is -0.501. The number of non-ortho nitro benzene ring substituents is 1. The summed E-state index contributed by atoms with van der Waals surface area (Å²) in [6.07, 6.45) is 1.41. The van der Waals surface area contributed by atoms with Crippen molar-refractivity contribution < 1.29 is 9.72 Å². The molecule has 0 aliphatic rings. The van der Waals surface area contributed by atoms with Gasteiger partial charge >= 0.3 is 0 Å². The van der Waals surface area contributed by atoms with Crippen LogP contribution in [0.4, 0.5) is 5.69 Å². The molecule has 0 saturated heterocycles. The number of carbonyl (C=O) groups excluding carboxylic acids is 1. The number of Topliss-reactive ketones (excluding diaryl/α,β-unsaturated/α-hetero) is 1. The smallest absolute Gasteiger partial charge is 0.294 e. The highest BCUT2D eigenvalue weighted by atomic mass is 16.6. The van der Waals surface area contributed by atoms with Gasteiger partial charge in [0.1, 0.15) is 5.52 Å². The number of nitro groups is 1. The van der Waals surface area contributed by atoms with Gasteiger partial charge in [0.25, 0.3) is 5.69 Å². The van der Waals surface area contributed by atoms with E-state index in [1.807, 2.05) is 0 Å². The Hall–Kier alpha value is -2.30. The molecule has 1 heterocycles. The Balaban J connectivity index is 2.86. The molecule has 0 N–H and O–H groups in total. The SMILES string of the molecule is CC(=O)c1ccnc2c([N+](=O)[O-])cccc12. The molecular formula is C11H8N2O3. The number of pyridine rings is 1. The van der Waals surface area contributed by atoms with Gasteiger partial charge in [0.2, 0.25) is 0 Å². The summed E-state index contributed by atoms with van der Waals surface area (Å²) in [5, 5.41) is 11.3. The summed E-state index contributed by atoms with van der Waals surface area (Å²) >= 11 is 0. The van der Waals surface area contributed by atoms with E-state index >= 15 is 0 Å². The second kappa shape index (κ2) is 3.69. The number of ketones is 1. The zero-order valence-corrected chi connectivity index (χ0v) is 8.51. The number of hydrogen-bond donors (Lipinski definition) is 0. The van der Waals surface area contributed by atoms with Gasteiger partial charge in [0.15, 0.2) is 5.78 Å². The van der Waals surface area contributed by atoms with Gasteiger partial charge in [-0.15, -0.1) is 0 Å². The van der Waals surface area contributed by atoms with E-state index in [1.165, 1.54) is 19.2 Å². The van der Waals surface area contributed by atoms with Gasteiger partial charge in [0.05, 0.1) is 4.92 Å². The topological polar surface area (TPSA) is 73.1 Å². The third-order valence-corrected chi connectivity index (χ3v) is 2.33. The minimum absolute atomic E-state index is 0.0828. The molecule has 1 aromatic heterocycles. The van der Waals surface area contributed by atoms with Gasteiger partial charge < -0.3 is 0 Å². The Labute approximate surface area is 90.9 Å². The number of benzene rings is 1. The Kier molecular flexibility index (Phi) is 2.36. The second-order valence-electron chi connectivity index (χ2n) is 3.35. The molecule has 0 aliphatic carbocycles. The normalized spacial score (nSPS) is 10.3. The van der Waals surface area contributed by atoms with Crippen molar-refractivity contribution in [3.05, 3.63) is 46.1 Å². The molecule has 0 spiro atoms. The van der Waals surface area contributed by atoms with E-state index in [1.54, 1.807) is 18.2 Å². The lowest BCUT2D eigenvalue weighted by Crippen LogP contribution is -1.97. The van der Waals surface area contributed by atoms with Crippen molar-refractivity contribution in [1.82, 2.24) is 4.98 Å². The molecule has 0 fully saturated rings. The van der Waals surface area contributed by atoms with Crippen LogP contribution in [-0.4, -0.2) is 15.7 Å². The van der Waals surface area contributed by atoms with Crippen LogP contribution in [0, 0.1) is 10.1 Å². The maximum Gasteiger partial charge on any atom is 0.295 e. The summed E-state index contributed by atoms with van der Waals surface area (Å²) in [5.74, 6) is -0.132. The molecule has 0 aliphatic heterocycles. The second-order valence-corrected chi connectivity index (χ2v) is 3.35. The van der Waals surface area contributed by atoms with E-state index < -0.39 is 4.92 Å². The van der Waals surface area contributed by atoms with Crippen molar-refractivity contribution in [2.45, 2.75) is 6.92 Å². The Bertz CT molecular complexity index is 540. The van der Waals surface area contributed by atoms with Crippen LogP contribution in [0.1, 0.15) is 17.3 Å². The van der Waals surface area contributed by atoms with Gasteiger partial charge in [-0.05, 0) is 13.0 Å². The lowest BCUT2D eigenvalue weighted by molar-refractivity contribution is -0.383. The zero-order valence-electron chi connectivity index (χ0n) is 8.51. The van der Waals surface area contributed by atoms with Crippen molar-refractivity contribution in [3.63, 3.8) is 0 Å². The van der Waals surface area contributed by atoms with Crippen molar-refractivity contribution in [1.29, 1.82) is 0 Å². The first-order valence-corrected chi connectivity index (χ1v) is 4.64. The monoisotopic (exact) mass is 216 g/mol. The third kappa shape index (κ3) is 1.52. The number of nitrogens with zero attached hydrogens (tertiary/aromatic N) is 2. The molecule has 0 bridgehead atoms. The average Bonchev–Trinajstić information content (AvgIpc) is 2.27. The van der Waals surface area contributed by atoms with Gasteiger partial charge in [-0.2, -0.15) is 0 Å². The molecule has 2 rings (SSSR count). The van der Waals surface area contributed by atoms with E-state index in [2.05, 4.69) is 4.98 Å². The summed E-state index contributed by atoms with van der Waals surface area (Å²) in [4.78, 5) is 25.6. The Morgan fingerprint density at radius 1 is 1.38 bits per heavy atom. The number of carbonyl (C=O) groups is 1. The van der Waals surface area contributed by atoms with E-state index in [0.29, 0.717) is 10.9 Å². The van der Waals surface area contributed by atoms with Crippen LogP contribution in [0.2, 0.25) is 0 Å². The molecule has 0 amide bonds. The number of fused-ring (bicyclic) bond motifs is 1. The van der Waals surface area contributed by atoms with Crippen LogP contribution in [0.15, 0.2) is 30.5 Å². The fraction of sp³-hybridized carbons (Fsp3) is 0.0909. The van der Waals surface area contributed by atoms with E-state index in [9.17, 15) is 14.9 Å². The quantitative estimate of drug-likeness (QED) is 0.438. The van der Waals surface area contributed by atoms with Crippen LogP contribution in [0.25, 0.3) is 10.9 Å². The lowest BCUT2D eigenvalue weighted by Gasteiger charge is -2.02. The summed E-state index contributed by atoms with van der Waals surface area (Å²) in [7, 11) is 0. The van der Waals surface area contributed by atoms with E-state index in [-0.39, 0.29) is 17.0 Å². The van der Waals surface area contributed by atoms with Gasteiger partial charge in [-0.25, -0.2) is 4.98 Å². The van der Waals surface area contributed by atoms with Crippen LogP contribution >= 0.6 is 0 Å². The molecule has 2 aromatic rings. The standard InChI is InChI=1S/C11H8N2O3/c1-7(14)8-5-6-12-11-9(8)3-2-4-10(11)13(15)16/h2-6H,1H3. The van der Waals surface area contributed by atoms with Crippen molar-refractivity contribution in [2.75, 3.05) is 0 Å². The zero-order chi connectivity index (χ0) is 11.7. The molecule has 16 heavy (non-hydrogen) atoms. The lowest BCUT2D eigenvalue weighted by atomic mass is 10.1. The average molecular weight is 216 g/mol. The highest BCUT2D eigenvalue weighted by Crippen LogP contribution is 2.25. The molecule has 0 atom stereocenters. The molecule has 1 aromatic carbocycles. The maximum atomic E-state index is 11.3. The van der Waals surface area contributed by atoms with Gasteiger partial charge in [0, 0.05) is 23.2 Å². The minimum Gasteiger partial charge on any atom is -0.294 e. The first kappa shape index (κ1) is 10.2. The number of para-hydroxylation sites is 1. The summed E-state index contributed by atoms with van der Waals surface area (Å²) in [6.45, 7) is 1.42. The van der Waals surface area contributed by atoms with Crippen LogP contribution in [0.3, 0.4) is 0 Å². The van der Waals surface area contributed by atoms with Crippen molar-refractivity contribution in [3.8, 4) is 0 Å². The Morgan fingerprint density at radius 2 is 2.12 bits per heavy atom. The first-order chi connectivity index (χ1) is 7.61. The van der Waals surface area contributed by atoms with Gasteiger partial charge in [-0.3, -0.25) is 14.9 Å². The van der Waals surface area contributed by atoms with E-state index in [0.717, 1.165) is 0 Å². The molecule has 0 radical (unpaired) electrons. The first-order valence-electron chi connectivity index (χ1n) is 4.64. The van der Waals surface area contributed by atoms with Crippen LogP contribution in [-0.2, 0) is 0 Å². The highest BCUT2D eigenvalue weighted by Gasteiger charge is 2.15. The molecule has 5 nitrogen and oxygen atoms in total. The number of aromatic nitrogens is 1.